The molecule has 1 amide bonds. The predicted molar refractivity (Wildman–Crippen MR) is 116 cm³/mol. The van der Waals surface area contributed by atoms with E-state index in [-0.39, 0.29) is 28.9 Å². The van der Waals surface area contributed by atoms with Gasteiger partial charge in [0.05, 0.1) is 16.7 Å². The molecule has 0 saturated carbocycles. The molecule has 2 aromatic carbocycles. The minimum absolute atomic E-state index is 0.0625. The Kier molecular flexibility index (Phi) is 7.19. The summed E-state index contributed by atoms with van der Waals surface area (Å²) in [5, 5.41) is 22.7. The molecule has 3 rings (SSSR count). The van der Waals surface area contributed by atoms with Crippen LogP contribution >= 0.6 is 23.4 Å². The molecule has 0 atom stereocenters. The number of rotatable bonds is 8. The molecule has 0 radical (unpaired) electrons. The number of anilines is 1. The van der Waals surface area contributed by atoms with Crippen LogP contribution in [-0.2, 0) is 18.4 Å². The smallest absolute Gasteiger partial charge is 0.234 e. The third-order valence-electron chi connectivity index (χ3n) is 4.37. The number of amides is 1. The van der Waals surface area contributed by atoms with Crippen molar-refractivity contribution in [1.29, 1.82) is 0 Å². The van der Waals surface area contributed by atoms with Crippen molar-refractivity contribution in [2.75, 3.05) is 11.1 Å². The Bertz CT molecular complexity index is 1130. The summed E-state index contributed by atoms with van der Waals surface area (Å²) >= 11 is 7.17. The van der Waals surface area contributed by atoms with Gasteiger partial charge in [-0.1, -0.05) is 35.5 Å². The number of aromatic carboxylic acids is 1. The van der Waals surface area contributed by atoms with Gasteiger partial charge in [-0.15, -0.1) is 10.2 Å². The summed E-state index contributed by atoms with van der Waals surface area (Å²) in [4.78, 5) is 23.5. The number of benzene rings is 2. The van der Waals surface area contributed by atoms with E-state index in [1.807, 2.05) is 31.2 Å². The molecule has 3 aromatic rings. The zero-order valence-electron chi connectivity index (χ0n) is 17.1. The summed E-state index contributed by atoms with van der Waals surface area (Å²) in [5.41, 5.74) is 1.78. The molecule has 0 aliphatic heterocycles. The molecule has 10 heteroatoms. The molecule has 0 unspecified atom stereocenters. The monoisotopic (exact) mass is 459 g/mol. The number of carbonyl (C=O) groups excluding carboxylic acids is 2. The van der Waals surface area contributed by atoms with Crippen molar-refractivity contribution in [3.8, 4) is 5.75 Å². The van der Waals surface area contributed by atoms with Crippen LogP contribution in [0.1, 0.15) is 27.3 Å². The number of hydrogen-bond donors (Lipinski definition) is 1. The quantitative estimate of drug-likeness (QED) is 0.516. The minimum atomic E-state index is -1.40. The van der Waals surface area contributed by atoms with E-state index in [0.29, 0.717) is 22.2 Å². The van der Waals surface area contributed by atoms with E-state index >= 15 is 0 Å². The molecule has 8 nitrogen and oxygen atoms in total. The van der Waals surface area contributed by atoms with E-state index in [9.17, 15) is 14.7 Å². The first-order valence-electron chi connectivity index (χ1n) is 9.26. The summed E-state index contributed by atoms with van der Waals surface area (Å²) in [7, 11) is 1.80. The SMILES string of the molecule is Cc1cccc(OCc2nnc(SCC(=O)Nc3cc(C)c(Cl)c(C(=O)[O-])c3)n2C)c1. The van der Waals surface area contributed by atoms with Gasteiger partial charge in [-0.05, 0) is 49.2 Å². The topological polar surface area (TPSA) is 109 Å². The van der Waals surface area contributed by atoms with Crippen molar-refractivity contribution in [2.24, 2.45) is 7.05 Å². The van der Waals surface area contributed by atoms with Crippen LogP contribution in [0.5, 0.6) is 5.75 Å². The second-order valence-corrected chi connectivity index (χ2v) is 8.16. The van der Waals surface area contributed by atoms with Gasteiger partial charge in [0.25, 0.3) is 0 Å². The zero-order valence-corrected chi connectivity index (χ0v) is 18.7. The lowest BCUT2D eigenvalue weighted by Crippen LogP contribution is -2.23. The van der Waals surface area contributed by atoms with Crippen LogP contribution in [0.15, 0.2) is 41.6 Å². The van der Waals surface area contributed by atoms with Crippen LogP contribution in [-0.4, -0.2) is 32.4 Å². The van der Waals surface area contributed by atoms with E-state index in [0.717, 1.165) is 11.3 Å². The Morgan fingerprint density at radius 1 is 1.23 bits per heavy atom. The van der Waals surface area contributed by atoms with Crippen molar-refractivity contribution >= 4 is 40.9 Å². The summed E-state index contributed by atoms with van der Waals surface area (Å²) in [6.45, 7) is 3.88. The van der Waals surface area contributed by atoms with E-state index < -0.39 is 5.97 Å². The first-order valence-corrected chi connectivity index (χ1v) is 10.6. The molecule has 0 fully saturated rings. The summed E-state index contributed by atoms with van der Waals surface area (Å²) in [5.74, 6) is -0.302. The lowest BCUT2D eigenvalue weighted by molar-refractivity contribution is -0.255. The molecule has 0 aliphatic carbocycles. The number of halogens is 1. The number of aromatic nitrogens is 3. The van der Waals surface area contributed by atoms with E-state index in [2.05, 4.69) is 15.5 Å². The van der Waals surface area contributed by atoms with Gasteiger partial charge >= 0.3 is 0 Å². The molecule has 1 N–H and O–H groups in total. The first kappa shape index (κ1) is 22.6. The average Bonchev–Trinajstić information content (AvgIpc) is 3.07. The number of ether oxygens (including phenoxy) is 1. The van der Waals surface area contributed by atoms with Gasteiger partial charge < -0.3 is 24.5 Å². The summed E-state index contributed by atoms with van der Waals surface area (Å²) in [6.07, 6.45) is 0. The van der Waals surface area contributed by atoms with Crippen molar-refractivity contribution in [3.63, 3.8) is 0 Å². The number of carboxylic acids is 1. The highest BCUT2D eigenvalue weighted by atomic mass is 35.5. The van der Waals surface area contributed by atoms with Gasteiger partial charge in [0.1, 0.15) is 12.4 Å². The van der Waals surface area contributed by atoms with Crippen molar-refractivity contribution < 1.29 is 19.4 Å². The molecule has 31 heavy (non-hydrogen) atoms. The van der Waals surface area contributed by atoms with Gasteiger partial charge in [0.15, 0.2) is 11.0 Å². The Balaban J connectivity index is 1.58. The molecule has 0 spiro atoms. The fourth-order valence-electron chi connectivity index (χ4n) is 2.77. The van der Waals surface area contributed by atoms with E-state index in [4.69, 9.17) is 16.3 Å². The van der Waals surface area contributed by atoms with Crippen LogP contribution in [0.25, 0.3) is 0 Å². The zero-order chi connectivity index (χ0) is 22.5. The minimum Gasteiger partial charge on any atom is -0.545 e. The normalized spacial score (nSPS) is 10.7. The maximum absolute atomic E-state index is 12.3. The fourth-order valence-corrected chi connectivity index (χ4v) is 3.68. The summed E-state index contributed by atoms with van der Waals surface area (Å²) in [6, 6.07) is 10.6. The third kappa shape index (κ3) is 5.77. The molecule has 0 bridgehead atoms. The van der Waals surface area contributed by atoms with Gasteiger partial charge in [-0.25, -0.2) is 0 Å². The number of hydrogen-bond acceptors (Lipinski definition) is 7. The number of thioether (sulfide) groups is 1. The van der Waals surface area contributed by atoms with Crippen molar-refractivity contribution in [3.05, 3.63) is 63.9 Å². The third-order valence-corrected chi connectivity index (χ3v) is 5.90. The summed E-state index contributed by atoms with van der Waals surface area (Å²) < 4.78 is 7.51. The first-order chi connectivity index (χ1) is 14.7. The molecule has 162 valence electrons. The maximum Gasteiger partial charge on any atom is 0.234 e. The van der Waals surface area contributed by atoms with Crippen LogP contribution in [0.2, 0.25) is 5.02 Å². The van der Waals surface area contributed by atoms with Crippen LogP contribution in [0.3, 0.4) is 0 Å². The number of nitrogens with zero attached hydrogens (tertiary/aromatic N) is 3. The molecule has 1 aromatic heterocycles. The van der Waals surface area contributed by atoms with Gasteiger partial charge in [0.2, 0.25) is 5.91 Å². The Hall–Kier alpha value is -3.04. The highest BCUT2D eigenvalue weighted by Gasteiger charge is 2.14. The molecular weight excluding hydrogens is 440 g/mol. The van der Waals surface area contributed by atoms with Gasteiger partial charge in [0, 0.05) is 18.3 Å². The maximum atomic E-state index is 12.3. The Labute approximate surface area is 188 Å². The molecular formula is C21H20ClN4O4S-. The van der Waals surface area contributed by atoms with Crippen molar-refractivity contribution in [2.45, 2.75) is 25.6 Å². The number of aryl methyl sites for hydroxylation is 2. The number of carbonyl (C=O) groups is 2. The second-order valence-electron chi connectivity index (χ2n) is 6.84. The van der Waals surface area contributed by atoms with E-state index in [1.54, 1.807) is 24.6 Å². The lowest BCUT2D eigenvalue weighted by atomic mass is 10.1. The predicted octanol–water partition coefficient (Wildman–Crippen LogP) is 2.76. The largest absolute Gasteiger partial charge is 0.545 e. The van der Waals surface area contributed by atoms with Crippen LogP contribution in [0.4, 0.5) is 5.69 Å². The number of nitrogens with one attached hydrogen (secondary N) is 1. The van der Waals surface area contributed by atoms with Gasteiger partial charge in [-0.2, -0.15) is 0 Å². The standard InChI is InChI=1S/C21H21ClN4O4S/c1-12-5-4-6-15(7-12)30-10-17-24-25-21(26(17)3)31-11-18(27)23-14-8-13(2)19(22)16(9-14)20(28)29/h4-9H,10-11H2,1-3H3,(H,23,27)(H,28,29)/p-1. The Morgan fingerprint density at radius 3 is 2.71 bits per heavy atom. The average molecular weight is 460 g/mol. The Morgan fingerprint density at radius 2 is 2.00 bits per heavy atom. The molecule has 1 heterocycles. The molecule has 0 saturated heterocycles. The second kappa shape index (κ2) is 9.84. The van der Waals surface area contributed by atoms with E-state index in [1.165, 1.54) is 17.8 Å². The molecule has 0 aliphatic rings. The van der Waals surface area contributed by atoms with Gasteiger partial charge in [-0.3, -0.25) is 4.79 Å². The highest BCUT2D eigenvalue weighted by molar-refractivity contribution is 7.99. The number of carboxylic acid groups (broad SMARTS) is 1. The van der Waals surface area contributed by atoms with Crippen LogP contribution < -0.4 is 15.2 Å². The lowest BCUT2D eigenvalue weighted by Gasteiger charge is -2.12. The fraction of sp³-hybridized carbons (Fsp3) is 0.238. The van der Waals surface area contributed by atoms with Crippen molar-refractivity contribution in [1.82, 2.24) is 14.8 Å². The van der Waals surface area contributed by atoms with Crippen LogP contribution in [0, 0.1) is 13.8 Å². The highest BCUT2D eigenvalue weighted by Crippen LogP contribution is 2.25.